The number of hydrogen-bond donors (Lipinski definition) is 2. The summed E-state index contributed by atoms with van der Waals surface area (Å²) in [7, 11) is 1.49. The normalized spacial score (nSPS) is 27.1. The zero-order valence-electron chi connectivity index (χ0n) is 7.34. The van der Waals surface area contributed by atoms with Crippen molar-refractivity contribution in [3.8, 4) is 0 Å². The van der Waals surface area contributed by atoms with Gasteiger partial charge in [-0.1, -0.05) is 0 Å². The Morgan fingerprint density at radius 3 is 2.85 bits per heavy atom. The molecule has 1 amide bonds. The molecule has 1 heterocycles. The molecule has 6 heteroatoms. The molecule has 0 radical (unpaired) electrons. The van der Waals surface area contributed by atoms with Gasteiger partial charge in [-0.05, 0) is 0 Å². The van der Waals surface area contributed by atoms with E-state index in [0.717, 1.165) is 4.90 Å². The molecule has 1 aliphatic heterocycles. The van der Waals surface area contributed by atoms with Crippen LogP contribution in [0, 0.1) is 0 Å². The molecule has 6 nitrogen and oxygen atoms in total. The minimum Gasteiger partial charge on any atom is -0.465 e. The van der Waals surface area contributed by atoms with Crippen molar-refractivity contribution in [2.45, 2.75) is 12.1 Å². The van der Waals surface area contributed by atoms with Gasteiger partial charge in [0, 0.05) is 7.11 Å². The monoisotopic (exact) mass is 191 g/mol. The largest absolute Gasteiger partial charge is 0.465 e. The van der Waals surface area contributed by atoms with Crippen LogP contribution in [-0.2, 0) is 9.47 Å². The average molecular weight is 191 g/mol. The van der Waals surface area contributed by atoms with E-state index in [-0.39, 0.29) is 19.5 Å². The van der Waals surface area contributed by atoms with E-state index in [1.54, 1.807) is 0 Å². The SMILES string of the molecule is COCO[C@@H]1CN(C(=O)O)[C@H]1CO. The Labute approximate surface area is 75.7 Å². The van der Waals surface area contributed by atoms with Gasteiger partial charge in [-0.3, -0.25) is 4.90 Å². The standard InChI is InChI=1S/C7H13NO5/c1-12-4-13-6-2-8(7(10)11)5(6)3-9/h5-6,9H,2-4H2,1H3,(H,10,11)/t5-,6+/m0/s1. The lowest BCUT2D eigenvalue weighted by Crippen LogP contribution is -2.64. The second-order valence-corrected chi connectivity index (χ2v) is 2.80. The lowest BCUT2D eigenvalue weighted by atomic mass is 10.0. The van der Waals surface area contributed by atoms with Gasteiger partial charge >= 0.3 is 6.09 Å². The highest BCUT2D eigenvalue weighted by atomic mass is 16.7. The summed E-state index contributed by atoms with van der Waals surface area (Å²) < 4.78 is 9.79. The maximum absolute atomic E-state index is 10.5. The molecule has 2 atom stereocenters. The summed E-state index contributed by atoms with van der Waals surface area (Å²) in [5.74, 6) is 0. The highest BCUT2D eigenvalue weighted by molar-refractivity contribution is 5.67. The first-order valence-corrected chi connectivity index (χ1v) is 3.91. The van der Waals surface area contributed by atoms with Crippen LogP contribution in [-0.4, -0.2) is 60.4 Å². The number of rotatable bonds is 4. The zero-order chi connectivity index (χ0) is 9.84. The molecular weight excluding hydrogens is 178 g/mol. The van der Waals surface area contributed by atoms with Crippen LogP contribution >= 0.6 is 0 Å². The fourth-order valence-corrected chi connectivity index (χ4v) is 1.27. The Morgan fingerprint density at radius 1 is 1.69 bits per heavy atom. The molecule has 0 bridgehead atoms. The summed E-state index contributed by atoms with van der Waals surface area (Å²) in [6, 6.07) is -0.451. The Kier molecular flexibility index (Phi) is 3.47. The minimum absolute atomic E-state index is 0.120. The molecule has 0 aromatic carbocycles. The van der Waals surface area contributed by atoms with E-state index in [1.165, 1.54) is 7.11 Å². The molecule has 0 unspecified atom stereocenters. The molecule has 1 saturated heterocycles. The molecule has 2 N–H and O–H groups in total. The van der Waals surface area contributed by atoms with E-state index in [1.807, 2.05) is 0 Å². The van der Waals surface area contributed by atoms with Crippen LogP contribution in [0.4, 0.5) is 4.79 Å². The Morgan fingerprint density at radius 2 is 2.38 bits per heavy atom. The van der Waals surface area contributed by atoms with Gasteiger partial charge in [0.15, 0.2) is 0 Å². The van der Waals surface area contributed by atoms with Crippen LogP contribution in [0.2, 0.25) is 0 Å². The molecule has 1 aliphatic rings. The first-order chi connectivity index (χ1) is 6.20. The van der Waals surface area contributed by atoms with E-state index < -0.39 is 12.1 Å². The van der Waals surface area contributed by atoms with Gasteiger partial charge in [0.1, 0.15) is 12.9 Å². The van der Waals surface area contributed by atoms with Crippen LogP contribution in [0.25, 0.3) is 0 Å². The summed E-state index contributed by atoms with van der Waals surface area (Å²) in [6.45, 7) is 0.194. The molecular formula is C7H13NO5. The van der Waals surface area contributed by atoms with Gasteiger partial charge < -0.3 is 19.7 Å². The van der Waals surface area contributed by atoms with E-state index in [9.17, 15) is 4.79 Å². The summed E-state index contributed by atoms with van der Waals surface area (Å²) in [4.78, 5) is 11.6. The lowest BCUT2D eigenvalue weighted by molar-refractivity contribution is -0.153. The number of carboxylic acid groups (broad SMARTS) is 1. The topological polar surface area (TPSA) is 79.2 Å². The number of nitrogens with zero attached hydrogens (tertiary/aromatic N) is 1. The summed E-state index contributed by atoms with van der Waals surface area (Å²) in [6.07, 6.45) is -1.28. The highest BCUT2D eigenvalue weighted by Gasteiger charge is 2.42. The molecule has 13 heavy (non-hydrogen) atoms. The van der Waals surface area contributed by atoms with E-state index in [4.69, 9.17) is 14.9 Å². The van der Waals surface area contributed by atoms with Crippen molar-refractivity contribution in [3.05, 3.63) is 0 Å². The van der Waals surface area contributed by atoms with Crippen LogP contribution in [0.3, 0.4) is 0 Å². The van der Waals surface area contributed by atoms with Crippen LogP contribution in [0.15, 0.2) is 0 Å². The molecule has 0 spiro atoms. The Hall–Kier alpha value is -0.850. The molecule has 76 valence electrons. The number of ether oxygens (including phenoxy) is 2. The smallest absolute Gasteiger partial charge is 0.407 e. The zero-order valence-corrected chi connectivity index (χ0v) is 7.34. The van der Waals surface area contributed by atoms with Gasteiger partial charge in [0.25, 0.3) is 0 Å². The average Bonchev–Trinajstić information content (AvgIpc) is 2.03. The number of aliphatic hydroxyl groups is 1. The lowest BCUT2D eigenvalue weighted by Gasteiger charge is -2.44. The molecule has 0 aromatic rings. The minimum atomic E-state index is -1.03. The molecule has 1 fully saturated rings. The third-order valence-electron chi connectivity index (χ3n) is 2.04. The number of amides is 1. The Bertz CT molecular complexity index is 186. The Balaban J connectivity index is 2.33. The first kappa shape index (κ1) is 10.2. The van der Waals surface area contributed by atoms with Crippen molar-refractivity contribution in [2.75, 3.05) is 27.1 Å². The van der Waals surface area contributed by atoms with Crippen molar-refractivity contribution in [1.29, 1.82) is 0 Å². The quantitative estimate of drug-likeness (QED) is 0.576. The fraction of sp³-hybridized carbons (Fsp3) is 0.857. The van der Waals surface area contributed by atoms with E-state index in [2.05, 4.69) is 4.74 Å². The van der Waals surface area contributed by atoms with Crippen LogP contribution < -0.4 is 0 Å². The van der Waals surface area contributed by atoms with Gasteiger partial charge in [-0.2, -0.15) is 0 Å². The predicted octanol–water partition coefficient (Wildman–Crippen LogP) is -0.670. The second-order valence-electron chi connectivity index (χ2n) is 2.80. The third kappa shape index (κ3) is 2.09. The van der Waals surface area contributed by atoms with E-state index >= 15 is 0 Å². The van der Waals surface area contributed by atoms with Crippen LogP contribution in [0.1, 0.15) is 0 Å². The predicted molar refractivity (Wildman–Crippen MR) is 42.4 cm³/mol. The maximum atomic E-state index is 10.5. The summed E-state index contributed by atoms with van der Waals surface area (Å²) in [5, 5.41) is 17.5. The highest BCUT2D eigenvalue weighted by Crippen LogP contribution is 2.20. The summed E-state index contributed by atoms with van der Waals surface area (Å²) >= 11 is 0. The number of likely N-dealkylation sites (tertiary alicyclic amines) is 1. The third-order valence-corrected chi connectivity index (χ3v) is 2.04. The number of aliphatic hydroxyl groups excluding tert-OH is 1. The molecule has 0 aromatic heterocycles. The number of carbonyl (C=O) groups is 1. The molecule has 0 aliphatic carbocycles. The van der Waals surface area contributed by atoms with Crippen molar-refractivity contribution >= 4 is 6.09 Å². The van der Waals surface area contributed by atoms with Crippen molar-refractivity contribution in [3.63, 3.8) is 0 Å². The van der Waals surface area contributed by atoms with Gasteiger partial charge in [0.05, 0.1) is 19.2 Å². The van der Waals surface area contributed by atoms with Gasteiger partial charge in [0.2, 0.25) is 0 Å². The van der Waals surface area contributed by atoms with Crippen molar-refractivity contribution < 1.29 is 24.5 Å². The van der Waals surface area contributed by atoms with Gasteiger partial charge in [-0.25, -0.2) is 4.79 Å². The maximum Gasteiger partial charge on any atom is 0.407 e. The number of hydrogen-bond acceptors (Lipinski definition) is 4. The number of methoxy groups -OCH3 is 1. The second kappa shape index (κ2) is 4.40. The first-order valence-electron chi connectivity index (χ1n) is 3.91. The van der Waals surface area contributed by atoms with Crippen molar-refractivity contribution in [1.82, 2.24) is 4.90 Å². The van der Waals surface area contributed by atoms with Crippen LogP contribution in [0.5, 0.6) is 0 Å². The molecule has 0 saturated carbocycles. The van der Waals surface area contributed by atoms with E-state index in [0.29, 0.717) is 6.54 Å². The molecule has 1 rings (SSSR count). The fourth-order valence-electron chi connectivity index (χ4n) is 1.27. The van der Waals surface area contributed by atoms with Crippen molar-refractivity contribution in [2.24, 2.45) is 0 Å². The van der Waals surface area contributed by atoms with Gasteiger partial charge in [-0.15, -0.1) is 0 Å². The summed E-state index contributed by atoms with van der Waals surface area (Å²) in [5.41, 5.74) is 0.